The van der Waals surface area contributed by atoms with Crippen molar-refractivity contribution in [3.05, 3.63) is 12.0 Å². The molecule has 1 aromatic heterocycles. The third-order valence-electron chi connectivity index (χ3n) is 4.17. The summed E-state index contributed by atoms with van der Waals surface area (Å²) < 4.78 is 38.0. The second kappa shape index (κ2) is 5.55. The number of nitrogens with one attached hydrogen (secondary N) is 1. The summed E-state index contributed by atoms with van der Waals surface area (Å²) in [7, 11) is 0. The van der Waals surface area contributed by atoms with Crippen molar-refractivity contribution in [3.8, 4) is 0 Å². The van der Waals surface area contributed by atoms with Crippen LogP contribution >= 0.6 is 11.8 Å². The maximum Gasteiger partial charge on any atom is 0.255 e. The first-order valence-electron chi connectivity index (χ1n) is 6.85. The molecule has 0 aliphatic carbocycles. The zero-order valence-electron chi connectivity index (χ0n) is 11.7. The van der Waals surface area contributed by atoms with Crippen LogP contribution in [0.3, 0.4) is 0 Å². The van der Waals surface area contributed by atoms with Gasteiger partial charge < -0.3 is 10.2 Å². The Bertz CT molecular complexity index is 530. The van der Waals surface area contributed by atoms with Crippen molar-refractivity contribution in [2.24, 2.45) is 11.3 Å². The first-order valence-corrected chi connectivity index (χ1v) is 8.01. The lowest BCUT2D eigenvalue weighted by Crippen LogP contribution is -2.28. The van der Waals surface area contributed by atoms with Gasteiger partial charge in [0.2, 0.25) is 5.95 Å². The molecule has 3 heterocycles. The number of alkyl halides is 2. The molecule has 0 spiro atoms. The molecule has 0 unspecified atom stereocenters. The van der Waals surface area contributed by atoms with Crippen LogP contribution in [0.1, 0.15) is 6.92 Å². The Balaban J connectivity index is 1.76. The molecule has 0 radical (unpaired) electrons. The molecule has 3 rings (SSSR count). The molecule has 1 aromatic rings. The summed E-state index contributed by atoms with van der Waals surface area (Å²) in [5, 5.41) is 2.33. The predicted molar refractivity (Wildman–Crippen MR) is 77.6 cm³/mol. The molecule has 116 valence electrons. The minimum absolute atomic E-state index is 0.156. The highest BCUT2D eigenvalue weighted by atomic mass is 32.2. The minimum atomic E-state index is -2.55. The van der Waals surface area contributed by atoms with Gasteiger partial charge >= 0.3 is 0 Å². The highest BCUT2D eigenvalue weighted by molar-refractivity contribution is 7.99. The van der Waals surface area contributed by atoms with E-state index in [0.717, 1.165) is 30.8 Å². The standard InChI is InChI=1S/C13H17F3N4S/c1-13-6-20(4-8(13)5-21-7-13)12-18-2-9(14)11(19-12)17-3-10(15)16/h2,8,10H,3-7H2,1H3,(H,17,18,19)/t8-,13+/m1/s1. The summed E-state index contributed by atoms with van der Waals surface area (Å²) in [5.74, 6) is 2.34. The monoisotopic (exact) mass is 318 g/mol. The lowest BCUT2D eigenvalue weighted by atomic mass is 9.84. The Morgan fingerprint density at radius 2 is 2.38 bits per heavy atom. The van der Waals surface area contributed by atoms with Crippen molar-refractivity contribution in [3.63, 3.8) is 0 Å². The first kappa shape index (κ1) is 14.7. The Morgan fingerprint density at radius 3 is 3.10 bits per heavy atom. The SMILES string of the molecule is C[C@]12CSC[C@H]1CN(c1ncc(F)c(NCC(F)F)n1)C2. The lowest BCUT2D eigenvalue weighted by molar-refractivity contribution is 0.163. The van der Waals surface area contributed by atoms with Gasteiger partial charge in [0.25, 0.3) is 6.43 Å². The maximum atomic E-state index is 13.6. The largest absolute Gasteiger partial charge is 0.362 e. The van der Waals surface area contributed by atoms with Crippen LogP contribution in [0.25, 0.3) is 0 Å². The van der Waals surface area contributed by atoms with E-state index >= 15 is 0 Å². The number of fused-ring (bicyclic) bond motifs is 1. The predicted octanol–water partition coefficient (Wildman–Crippen LogP) is 2.48. The van der Waals surface area contributed by atoms with Gasteiger partial charge in [0.1, 0.15) is 0 Å². The molecule has 0 amide bonds. The fourth-order valence-corrected chi connectivity index (χ4v) is 4.63. The molecule has 8 heteroatoms. The van der Waals surface area contributed by atoms with Gasteiger partial charge in [-0.2, -0.15) is 16.7 Å². The van der Waals surface area contributed by atoms with Crippen LogP contribution in [-0.2, 0) is 0 Å². The third kappa shape index (κ3) is 2.90. The number of hydrogen-bond acceptors (Lipinski definition) is 5. The average Bonchev–Trinajstić information content (AvgIpc) is 2.92. The lowest BCUT2D eigenvalue weighted by Gasteiger charge is -2.22. The summed E-state index contributed by atoms with van der Waals surface area (Å²) in [6.45, 7) is 3.29. The molecule has 2 aliphatic heterocycles. The van der Waals surface area contributed by atoms with Gasteiger partial charge in [-0.1, -0.05) is 6.92 Å². The van der Waals surface area contributed by atoms with E-state index in [1.165, 1.54) is 0 Å². The van der Waals surface area contributed by atoms with E-state index in [-0.39, 0.29) is 11.2 Å². The zero-order valence-corrected chi connectivity index (χ0v) is 12.5. The molecule has 1 N–H and O–H groups in total. The van der Waals surface area contributed by atoms with E-state index in [1.54, 1.807) is 0 Å². The fraction of sp³-hybridized carbons (Fsp3) is 0.692. The highest BCUT2D eigenvalue weighted by Gasteiger charge is 2.47. The van der Waals surface area contributed by atoms with E-state index in [0.29, 0.717) is 11.9 Å². The number of thioether (sulfide) groups is 1. The fourth-order valence-electron chi connectivity index (χ4n) is 2.93. The third-order valence-corrected chi connectivity index (χ3v) is 5.67. The smallest absolute Gasteiger partial charge is 0.255 e. The van der Waals surface area contributed by atoms with E-state index in [1.807, 2.05) is 16.7 Å². The Kier molecular flexibility index (Phi) is 3.90. The Morgan fingerprint density at radius 1 is 1.57 bits per heavy atom. The van der Waals surface area contributed by atoms with Crippen LogP contribution in [0, 0.1) is 17.2 Å². The zero-order chi connectivity index (χ0) is 15.0. The summed E-state index contributed by atoms with van der Waals surface area (Å²) in [4.78, 5) is 10.1. The average molecular weight is 318 g/mol. The van der Waals surface area contributed by atoms with E-state index < -0.39 is 18.8 Å². The van der Waals surface area contributed by atoms with Gasteiger partial charge in [-0.25, -0.2) is 18.2 Å². The van der Waals surface area contributed by atoms with Gasteiger partial charge in [0, 0.05) is 18.8 Å². The molecule has 0 aromatic carbocycles. The number of aromatic nitrogens is 2. The molecule has 21 heavy (non-hydrogen) atoms. The molecule has 2 fully saturated rings. The van der Waals surface area contributed by atoms with Crippen molar-refractivity contribution < 1.29 is 13.2 Å². The summed E-state index contributed by atoms with van der Waals surface area (Å²) in [5.41, 5.74) is 0.235. The normalized spacial score (nSPS) is 28.2. The second-order valence-electron chi connectivity index (χ2n) is 5.89. The van der Waals surface area contributed by atoms with Crippen LogP contribution < -0.4 is 10.2 Å². The van der Waals surface area contributed by atoms with Gasteiger partial charge in [-0.3, -0.25) is 0 Å². The number of rotatable bonds is 4. The summed E-state index contributed by atoms with van der Waals surface area (Å²) in [6, 6.07) is 0. The molecule has 2 saturated heterocycles. The molecule has 2 atom stereocenters. The van der Waals surface area contributed by atoms with Gasteiger partial charge in [-0.05, 0) is 17.1 Å². The molecule has 4 nitrogen and oxygen atoms in total. The Labute approximate surface area is 125 Å². The van der Waals surface area contributed by atoms with Gasteiger partial charge in [0.15, 0.2) is 11.6 Å². The van der Waals surface area contributed by atoms with Crippen LogP contribution in [0.15, 0.2) is 6.20 Å². The van der Waals surface area contributed by atoms with E-state index in [2.05, 4.69) is 22.2 Å². The molecule has 0 bridgehead atoms. The first-order chi connectivity index (χ1) is 9.98. The minimum Gasteiger partial charge on any atom is -0.362 e. The Hall–Kier alpha value is -1.18. The van der Waals surface area contributed by atoms with Crippen LogP contribution in [0.2, 0.25) is 0 Å². The van der Waals surface area contributed by atoms with E-state index in [9.17, 15) is 13.2 Å². The van der Waals surface area contributed by atoms with Crippen molar-refractivity contribution in [1.82, 2.24) is 9.97 Å². The van der Waals surface area contributed by atoms with Crippen molar-refractivity contribution >= 4 is 23.5 Å². The number of nitrogens with zero attached hydrogens (tertiary/aromatic N) is 3. The molecule has 0 saturated carbocycles. The molecule has 2 aliphatic rings. The molecular formula is C13H17F3N4S. The van der Waals surface area contributed by atoms with E-state index in [4.69, 9.17) is 0 Å². The highest BCUT2D eigenvalue weighted by Crippen LogP contribution is 2.46. The second-order valence-corrected chi connectivity index (χ2v) is 6.92. The quantitative estimate of drug-likeness (QED) is 0.924. The summed E-state index contributed by atoms with van der Waals surface area (Å²) in [6.07, 6.45) is -1.51. The van der Waals surface area contributed by atoms with Crippen LogP contribution in [-0.4, -0.2) is 47.5 Å². The van der Waals surface area contributed by atoms with Crippen molar-refractivity contribution in [2.75, 3.05) is 41.4 Å². The number of halogens is 3. The summed E-state index contributed by atoms with van der Waals surface area (Å²) >= 11 is 1.96. The maximum absolute atomic E-state index is 13.6. The topological polar surface area (TPSA) is 41.1 Å². The number of anilines is 2. The van der Waals surface area contributed by atoms with Crippen LogP contribution in [0.5, 0.6) is 0 Å². The van der Waals surface area contributed by atoms with Crippen molar-refractivity contribution in [2.45, 2.75) is 13.3 Å². The number of hydrogen-bond donors (Lipinski definition) is 1. The van der Waals surface area contributed by atoms with Gasteiger partial charge in [-0.15, -0.1) is 0 Å². The van der Waals surface area contributed by atoms with Crippen molar-refractivity contribution in [1.29, 1.82) is 0 Å². The van der Waals surface area contributed by atoms with Crippen LogP contribution in [0.4, 0.5) is 24.9 Å². The molecular weight excluding hydrogens is 301 g/mol. The van der Waals surface area contributed by atoms with Gasteiger partial charge in [0.05, 0.1) is 12.7 Å².